The fourth-order valence-electron chi connectivity index (χ4n) is 3.99. The van der Waals surface area contributed by atoms with Crippen LogP contribution in [0.1, 0.15) is 15.4 Å². The van der Waals surface area contributed by atoms with Gasteiger partial charge in [-0.2, -0.15) is 0 Å². The fraction of sp³-hybridized carbons (Fsp3) is 0.286. The van der Waals surface area contributed by atoms with Crippen molar-refractivity contribution in [1.29, 1.82) is 0 Å². The normalized spacial score (nSPS) is 21.8. The van der Waals surface area contributed by atoms with Crippen molar-refractivity contribution in [2.45, 2.75) is 18.7 Å². The molecule has 3 aromatic rings. The third-order valence-corrected chi connectivity index (χ3v) is 6.22. The Balaban J connectivity index is 1.44. The van der Waals surface area contributed by atoms with Gasteiger partial charge < -0.3 is 9.64 Å². The molecule has 2 aromatic heterocycles. The number of carbonyl (C=O) groups excluding carboxylic acids is 1. The van der Waals surface area contributed by atoms with E-state index in [0.29, 0.717) is 11.3 Å². The topological polar surface area (TPSA) is 58.6 Å². The number of hydrogen-bond donors (Lipinski definition) is 0. The maximum atomic E-state index is 13.1. The molecule has 0 spiro atoms. The summed E-state index contributed by atoms with van der Waals surface area (Å²) in [6.07, 6.45) is 5.35. The number of hydrogen-bond acceptors (Lipinski definition) is 6. The number of benzene rings is 1. The van der Waals surface area contributed by atoms with Crippen LogP contribution in [0.4, 0.5) is 0 Å². The summed E-state index contributed by atoms with van der Waals surface area (Å²) in [6, 6.07) is 9.73. The molecule has 0 radical (unpaired) electrons. The average molecular weight is 392 g/mol. The number of rotatable bonds is 3. The zero-order valence-electron chi connectivity index (χ0n) is 15.5. The maximum Gasteiger partial charge on any atom is 0.257 e. The van der Waals surface area contributed by atoms with E-state index in [1.165, 1.54) is 0 Å². The van der Waals surface area contributed by atoms with Gasteiger partial charge in [0, 0.05) is 49.7 Å². The molecule has 5 rings (SSSR count). The second-order valence-corrected chi connectivity index (χ2v) is 8.19. The summed E-state index contributed by atoms with van der Waals surface area (Å²) in [5.41, 5.74) is 2.63. The van der Waals surface area contributed by atoms with Gasteiger partial charge in [0.1, 0.15) is 16.9 Å². The molecule has 2 aliphatic rings. The highest BCUT2D eigenvalue weighted by molar-refractivity contribution is 7.09. The molecule has 0 aliphatic carbocycles. The first-order valence-electron chi connectivity index (χ1n) is 9.28. The van der Waals surface area contributed by atoms with Crippen LogP contribution in [0, 0.1) is 0 Å². The number of carbonyl (C=O) groups is 1. The number of amides is 1. The summed E-state index contributed by atoms with van der Waals surface area (Å²) in [4.78, 5) is 25.8. The average Bonchev–Trinajstić information content (AvgIpc) is 3.36. The van der Waals surface area contributed by atoms with Crippen molar-refractivity contribution in [3.05, 3.63) is 64.9 Å². The van der Waals surface area contributed by atoms with E-state index in [2.05, 4.69) is 14.9 Å². The zero-order chi connectivity index (χ0) is 19.1. The highest BCUT2D eigenvalue weighted by Gasteiger charge is 2.42. The molecule has 6 nitrogen and oxygen atoms in total. The number of aromatic nitrogens is 2. The molecule has 0 unspecified atom stereocenters. The van der Waals surface area contributed by atoms with Gasteiger partial charge in [0.25, 0.3) is 5.91 Å². The van der Waals surface area contributed by atoms with Crippen molar-refractivity contribution in [1.82, 2.24) is 19.8 Å². The first kappa shape index (κ1) is 17.3. The molecule has 0 bridgehead atoms. The first-order valence-corrected chi connectivity index (χ1v) is 10.2. The van der Waals surface area contributed by atoms with Crippen molar-refractivity contribution in [2.75, 3.05) is 20.1 Å². The second kappa shape index (κ2) is 7.00. The van der Waals surface area contributed by atoms with Gasteiger partial charge in [-0.15, -0.1) is 11.3 Å². The summed E-state index contributed by atoms with van der Waals surface area (Å²) in [5, 5.41) is 3.08. The minimum absolute atomic E-state index is 0.0105. The van der Waals surface area contributed by atoms with E-state index in [-0.39, 0.29) is 18.1 Å². The van der Waals surface area contributed by atoms with Crippen molar-refractivity contribution in [3.63, 3.8) is 0 Å². The molecular formula is C21H20N4O2S. The summed E-state index contributed by atoms with van der Waals surface area (Å²) in [7, 11) is 1.88. The molecule has 0 saturated carbocycles. The standard InChI is InChI=1S/C21H20N4O2S/c1-24-17-11-25(13-20-23-7-8-28-20)12-19(17)27-18-9-14(4-5-16(18)21(24)26)15-3-2-6-22-10-15/h2-10,17,19H,11-13H2,1H3/t17-,19+/m1/s1. The molecule has 2 atom stereocenters. The zero-order valence-corrected chi connectivity index (χ0v) is 16.3. The van der Waals surface area contributed by atoms with Gasteiger partial charge in [0.2, 0.25) is 0 Å². The number of nitrogens with zero attached hydrogens (tertiary/aromatic N) is 4. The molecule has 1 fully saturated rings. The number of thiazole rings is 1. The number of fused-ring (bicyclic) bond motifs is 2. The van der Waals surface area contributed by atoms with E-state index >= 15 is 0 Å². The number of likely N-dealkylation sites (N-methyl/N-ethyl adjacent to an activating group) is 1. The monoisotopic (exact) mass is 392 g/mol. The van der Waals surface area contributed by atoms with E-state index in [0.717, 1.165) is 35.8 Å². The van der Waals surface area contributed by atoms with Gasteiger partial charge in [-0.25, -0.2) is 4.98 Å². The van der Waals surface area contributed by atoms with Gasteiger partial charge in [0.05, 0.1) is 18.2 Å². The Bertz CT molecular complexity index is 993. The van der Waals surface area contributed by atoms with Crippen molar-refractivity contribution in [2.24, 2.45) is 0 Å². The van der Waals surface area contributed by atoms with E-state index in [1.807, 2.05) is 60.1 Å². The van der Waals surface area contributed by atoms with Crippen LogP contribution in [0.5, 0.6) is 5.75 Å². The summed E-state index contributed by atoms with van der Waals surface area (Å²) >= 11 is 1.66. The van der Waals surface area contributed by atoms with Crippen LogP contribution in [0.2, 0.25) is 0 Å². The molecule has 1 amide bonds. The summed E-state index contributed by atoms with van der Waals surface area (Å²) in [5.74, 6) is 0.665. The Morgan fingerprint density at radius 3 is 2.93 bits per heavy atom. The molecule has 28 heavy (non-hydrogen) atoms. The third-order valence-electron chi connectivity index (χ3n) is 5.46. The van der Waals surface area contributed by atoms with Crippen LogP contribution in [-0.2, 0) is 6.54 Å². The van der Waals surface area contributed by atoms with Crippen molar-refractivity contribution >= 4 is 17.2 Å². The van der Waals surface area contributed by atoms with Gasteiger partial charge in [-0.1, -0.05) is 12.1 Å². The lowest BCUT2D eigenvalue weighted by Gasteiger charge is -2.25. The van der Waals surface area contributed by atoms with Crippen molar-refractivity contribution < 1.29 is 9.53 Å². The minimum Gasteiger partial charge on any atom is -0.486 e. The predicted molar refractivity (Wildman–Crippen MR) is 107 cm³/mol. The smallest absolute Gasteiger partial charge is 0.257 e. The van der Waals surface area contributed by atoms with E-state index in [9.17, 15) is 4.79 Å². The second-order valence-electron chi connectivity index (χ2n) is 7.21. The number of ether oxygens (including phenoxy) is 1. The third kappa shape index (κ3) is 3.06. The molecule has 4 heterocycles. The molecule has 2 aliphatic heterocycles. The van der Waals surface area contributed by atoms with Gasteiger partial charge in [-0.3, -0.25) is 14.7 Å². The predicted octanol–water partition coefficient (Wildman–Crippen LogP) is 2.92. The Labute approximate surface area is 167 Å². The van der Waals surface area contributed by atoms with Gasteiger partial charge >= 0.3 is 0 Å². The molecule has 142 valence electrons. The van der Waals surface area contributed by atoms with Crippen LogP contribution in [0.3, 0.4) is 0 Å². The van der Waals surface area contributed by atoms with Gasteiger partial charge in [-0.05, 0) is 23.8 Å². The van der Waals surface area contributed by atoms with E-state index < -0.39 is 0 Å². The molecule has 0 N–H and O–H groups in total. The van der Waals surface area contributed by atoms with Crippen molar-refractivity contribution in [3.8, 4) is 16.9 Å². The van der Waals surface area contributed by atoms with Crippen LogP contribution in [0.25, 0.3) is 11.1 Å². The lowest BCUT2D eigenvalue weighted by atomic mass is 10.0. The Morgan fingerprint density at radius 2 is 2.14 bits per heavy atom. The lowest BCUT2D eigenvalue weighted by molar-refractivity contribution is 0.0682. The number of likely N-dealkylation sites (tertiary alicyclic amines) is 1. The fourth-order valence-corrected chi connectivity index (χ4v) is 4.64. The minimum atomic E-state index is -0.0562. The molecule has 1 saturated heterocycles. The van der Waals surface area contributed by atoms with E-state index in [1.54, 1.807) is 17.5 Å². The lowest BCUT2D eigenvalue weighted by Crippen LogP contribution is -2.44. The summed E-state index contributed by atoms with van der Waals surface area (Å²) < 4.78 is 6.39. The number of pyridine rings is 1. The largest absolute Gasteiger partial charge is 0.486 e. The SMILES string of the molecule is CN1C(=O)c2ccc(-c3cccnc3)cc2O[C@H]2CN(Cc3nccs3)C[C@H]21. The first-order chi connectivity index (χ1) is 13.7. The van der Waals surface area contributed by atoms with Crippen LogP contribution < -0.4 is 4.74 Å². The quantitative estimate of drug-likeness (QED) is 0.686. The molecule has 1 aromatic carbocycles. The van der Waals surface area contributed by atoms with Crippen LogP contribution >= 0.6 is 11.3 Å². The Kier molecular flexibility index (Phi) is 4.33. The highest BCUT2D eigenvalue weighted by Crippen LogP contribution is 2.34. The van der Waals surface area contributed by atoms with E-state index in [4.69, 9.17) is 4.74 Å². The Hall–Kier alpha value is -2.77. The van der Waals surface area contributed by atoms with Crippen LogP contribution in [0.15, 0.2) is 54.3 Å². The summed E-state index contributed by atoms with van der Waals surface area (Å²) in [6.45, 7) is 2.35. The maximum absolute atomic E-state index is 13.1. The Morgan fingerprint density at radius 1 is 1.21 bits per heavy atom. The highest BCUT2D eigenvalue weighted by atomic mass is 32.1. The van der Waals surface area contributed by atoms with Crippen LogP contribution in [-0.4, -0.2) is 58.0 Å². The van der Waals surface area contributed by atoms with Gasteiger partial charge in [0.15, 0.2) is 0 Å². The molecule has 7 heteroatoms. The molecular weight excluding hydrogens is 372 g/mol.